The fraction of sp³-hybridized carbons (Fsp3) is 0.381. The fourth-order valence-electron chi connectivity index (χ4n) is 3.87. The second-order valence-electron chi connectivity index (χ2n) is 7.15. The predicted octanol–water partition coefficient (Wildman–Crippen LogP) is 2.95. The zero-order valence-electron chi connectivity index (χ0n) is 16.3. The van der Waals surface area contributed by atoms with Crippen molar-refractivity contribution in [2.45, 2.75) is 43.2 Å². The van der Waals surface area contributed by atoms with Crippen molar-refractivity contribution in [2.24, 2.45) is 5.92 Å². The number of ether oxygens (including phenoxy) is 1. The molecule has 29 heavy (non-hydrogen) atoms. The number of hydroxylamine groups is 1. The summed E-state index contributed by atoms with van der Waals surface area (Å²) in [6.45, 7) is 0.148. The molecule has 1 saturated carbocycles. The van der Waals surface area contributed by atoms with Gasteiger partial charge in [-0.3, -0.25) is 10.0 Å². The summed E-state index contributed by atoms with van der Waals surface area (Å²) in [4.78, 5) is 12.4. The molecule has 2 aromatic carbocycles. The number of sulfonamides is 1. The standard InChI is InChI=1S/C21H26N2O5S/c1-28-17-11-13-18(14-12-17)29(26,27)23(15-16-7-3-2-4-8-16)20-10-6-5-9-19(20)21(24)22-25/h2-4,7-8,11-14,19-20,25H,5-6,9-10,15H2,1H3,(H,22,24)/t19-,20-/m0/s1. The van der Waals surface area contributed by atoms with E-state index in [0.29, 0.717) is 18.6 Å². The van der Waals surface area contributed by atoms with Crippen molar-refractivity contribution in [3.05, 3.63) is 60.2 Å². The van der Waals surface area contributed by atoms with Crippen LogP contribution in [-0.4, -0.2) is 37.0 Å². The minimum Gasteiger partial charge on any atom is -0.497 e. The van der Waals surface area contributed by atoms with E-state index in [2.05, 4.69) is 0 Å². The highest BCUT2D eigenvalue weighted by atomic mass is 32.2. The molecule has 7 nitrogen and oxygen atoms in total. The molecule has 0 aliphatic heterocycles. The molecule has 2 atom stereocenters. The molecule has 0 saturated heterocycles. The van der Waals surface area contributed by atoms with Crippen LogP contribution in [-0.2, 0) is 21.4 Å². The number of hydrogen-bond acceptors (Lipinski definition) is 5. The molecule has 1 amide bonds. The monoisotopic (exact) mass is 418 g/mol. The molecule has 0 spiro atoms. The van der Waals surface area contributed by atoms with Crippen LogP contribution in [0.15, 0.2) is 59.5 Å². The highest BCUT2D eigenvalue weighted by Gasteiger charge is 2.40. The summed E-state index contributed by atoms with van der Waals surface area (Å²) < 4.78 is 33.7. The molecular weight excluding hydrogens is 392 g/mol. The number of hydrogen-bond donors (Lipinski definition) is 2. The maximum atomic E-state index is 13.6. The van der Waals surface area contributed by atoms with Crippen LogP contribution in [0.5, 0.6) is 5.75 Å². The predicted molar refractivity (Wildman–Crippen MR) is 108 cm³/mol. The first kappa shape index (κ1) is 21.3. The first-order chi connectivity index (χ1) is 14.0. The zero-order chi connectivity index (χ0) is 20.9. The molecule has 2 N–H and O–H groups in total. The Hall–Kier alpha value is -2.42. The van der Waals surface area contributed by atoms with Gasteiger partial charge in [0.05, 0.1) is 17.9 Å². The minimum atomic E-state index is -3.88. The van der Waals surface area contributed by atoms with Crippen LogP contribution < -0.4 is 10.2 Å². The van der Waals surface area contributed by atoms with E-state index in [4.69, 9.17) is 4.74 Å². The average Bonchev–Trinajstić information content (AvgIpc) is 2.77. The molecule has 1 aliphatic carbocycles. The number of rotatable bonds is 7. The van der Waals surface area contributed by atoms with Crippen LogP contribution in [0, 0.1) is 5.92 Å². The maximum absolute atomic E-state index is 13.6. The summed E-state index contributed by atoms with van der Waals surface area (Å²) in [5.41, 5.74) is 2.54. The second kappa shape index (κ2) is 9.39. The topological polar surface area (TPSA) is 95.9 Å². The molecule has 0 aromatic heterocycles. The lowest BCUT2D eigenvalue weighted by Crippen LogP contribution is -2.50. The van der Waals surface area contributed by atoms with Crippen LogP contribution in [0.3, 0.4) is 0 Å². The molecule has 0 unspecified atom stereocenters. The van der Waals surface area contributed by atoms with Gasteiger partial charge in [0.2, 0.25) is 15.9 Å². The maximum Gasteiger partial charge on any atom is 0.248 e. The lowest BCUT2D eigenvalue weighted by Gasteiger charge is -2.38. The number of carbonyl (C=O) groups is 1. The van der Waals surface area contributed by atoms with Gasteiger partial charge in [-0.2, -0.15) is 4.31 Å². The number of methoxy groups -OCH3 is 1. The van der Waals surface area contributed by atoms with Gasteiger partial charge < -0.3 is 4.74 Å². The number of carbonyl (C=O) groups excluding carboxylic acids is 1. The Kier molecular flexibility index (Phi) is 6.89. The number of nitrogens with zero attached hydrogens (tertiary/aromatic N) is 1. The third-order valence-corrected chi connectivity index (χ3v) is 7.28. The Morgan fingerprint density at radius 2 is 1.76 bits per heavy atom. The van der Waals surface area contributed by atoms with Gasteiger partial charge in [0.1, 0.15) is 5.75 Å². The van der Waals surface area contributed by atoms with E-state index in [1.807, 2.05) is 30.3 Å². The Bertz CT molecular complexity index is 916. The zero-order valence-corrected chi connectivity index (χ0v) is 17.1. The Balaban J connectivity index is 2.02. The molecule has 8 heteroatoms. The van der Waals surface area contributed by atoms with Gasteiger partial charge in [-0.15, -0.1) is 0 Å². The highest BCUT2D eigenvalue weighted by molar-refractivity contribution is 7.89. The van der Waals surface area contributed by atoms with E-state index in [1.54, 1.807) is 17.6 Å². The SMILES string of the molecule is COc1ccc(S(=O)(=O)N(Cc2ccccc2)[C@H]2CCCC[C@@H]2C(=O)NO)cc1. The highest BCUT2D eigenvalue weighted by Crippen LogP contribution is 2.34. The third-order valence-electron chi connectivity index (χ3n) is 5.39. The van der Waals surface area contributed by atoms with Gasteiger partial charge in [0, 0.05) is 12.6 Å². The molecule has 156 valence electrons. The van der Waals surface area contributed by atoms with Crippen LogP contribution >= 0.6 is 0 Å². The van der Waals surface area contributed by atoms with E-state index >= 15 is 0 Å². The first-order valence-corrected chi connectivity index (χ1v) is 11.0. The Morgan fingerprint density at radius 3 is 2.38 bits per heavy atom. The van der Waals surface area contributed by atoms with Gasteiger partial charge in [-0.25, -0.2) is 13.9 Å². The summed E-state index contributed by atoms with van der Waals surface area (Å²) in [6.07, 6.45) is 2.72. The van der Waals surface area contributed by atoms with Crippen LogP contribution in [0.2, 0.25) is 0 Å². The smallest absolute Gasteiger partial charge is 0.248 e. The second-order valence-corrected chi connectivity index (χ2v) is 9.04. The van der Waals surface area contributed by atoms with E-state index in [9.17, 15) is 18.4 Å². The van der Waals surface area contributed by atoms with Crippen molar-refractivity contribution in [3.8, 4) is 5.75 Å². The van der Waals surface area contributed by atoms with Crippen molar-refractivity contribution >= 4 is 15.9 Å². The minimum absolute atomic E-state index is 0.142. The molecule has 0 radical (unpaired) electrons. The fourth-order valence-corrected chi connectivity index (χ4v) is 5.55. The lowest BCUT2D eigenvalue weighted by atomic mass is 9.84. The molecule has 0 heterocycles. The summed E-state index contributed by atoms with van der Waals surface area (Å²) >= 11 is 0. The largest absolute Gasteiger partial charge is 0.497 e. The summed E-state index contributed by atoms with van der Waals surface area (Å²) in [5, 5.41) is 9.17. The van der Waals surface area contributed by atoms with Crippen molar-refractivity contribution in [1.29, 1.82) is 0 Å². The van der Waals surface area contributed by atoms with Crippen LogP contribution in [0.4, 0.5) is 0 Å². The van der Waals surface area contributed by atoms with Gasteiger partial charge in [0.15, 0.2) is 0 Å². The van der Waals surface area contributed by atoms with Crippen molar-refractivity contribution in [2.75, 3.05) is 7.11 Å². The Morgan fingerprint density at radius 1 is 1.10 bits per heavy atom. The van der Waals surface area contributed by atoms with Gasteiger partial charge in [0.25, 0.3) is 0 Å². The molecule has 1 fully saturated rings. The van der Waals surface area contributed by atoms with Crippen LogP contribution in [0.25, 0.3) is 0 Å². The number of benzene rings is 2. The number of nitrogens with one attached hydrogen (secondary N) is 1. The Labute approximate surface area is 171 Å². The molecule has 0 bridgehead atoms. The molecule has 3 rings (SSSR count). The normalized spacial score (nSPS) is 19.7. The van der Waals surface area contributed by atoms with Crippen molar-refractivity contribution < 1.29 is 23.2 Å². The molecule has 2 aromatic rings. The first-order valence-electron chi connectivity index (χ1n) is 9.61. The summed E-state index contributed by atoms with van der Waals surface area (Å²) in [5.74, 6) is -0.586. The molecule has 1 aliphatic rings. The average molecular weight is 419 g/mol. The third kappa shape index (κ3) is 4.77. The van der Waals surface area contributed by atoms with Gasteiger partial charge in [-0.1, -0.05) is 43.2 Å². The quantitative estimate of drug-likeness (QED) is 0.532. The molecular formula is C21H26N2O5S. The van der Waals surface area contributed by atoms with E-state index in [1.165, 1.54) is 23.5 Å². The van der Waals surface area contributed by atoms with Crippen molar-refractivity contribution in [1.82, 2.24) is 9.79 Å². The van der Waals surface area contributed by atoms with E-state index in [0.717, 1.165) is 18.4 Å². The number of amides is 1. The lowest BCUT2D eigenvalue weighted by molar-refractivity contribution is -0.136. The van der Waals surface area contributed by atoms with Crippen molar-refractivity contribution in [3.63, 3.8) is 0 Å². The van der Waals surface area contributed by atoms with Gasteiger partial charge in [-0.05, 0) is 42.7 Å². The summed E-state index contributed by atoms with van der Waals surface area (Å²) in [7, 11) is -2.36. The van der Waals surface area contributed by atoms with E-state index in [-0.39, 0.29) is 11.4 Å². The van der Waals surface area contributed by atoms with Crippen LogP contribution in [0.1, 0.15) is 31.2 Å². The van der Waals surface area contributed by atoms with E-state index < -0.39 is 27.9 Å². The summed E-state index contributed by atoms with van der Waals surface area (Å²) in [6, 6.07) is 15.0. The van der Waals surface area contributed by atoms with Gasteiger partial charge >= 0.3 is 0 Å².